The lowest BCUT2D eigenvalue weighted by Gasteiger charge is -2.15. The van der Waals surface area contributed by atoms with Crippen LogP contribution in [0.5, 0.6) is 0 Å². The zero-order valence-electron chi connectivity index (χ0n) is 11.8. The maximum absolute atomic E-state index is 13.5. The second-order valence-corrected chi connectivity index (χ2v) is 6.57. The first-order chi connectivity index (χ1) is 10.1. The Labute approximate surface area is 132 Å². The van der Waals surface area contributed by atoms with Gasteiger partial charge in [-0.1, -0.05) is 29.8 Å². The van der Waals surface area contributed by atoms with Crippen LogP contribution < -0.4 is 5.32 Å². The van der Waals surface area contributed by atoms with Crippen molar-refractivity contribution in [1.82, 2.24) is 0 Å². The first-order valence-electron chi connectivity index (χ1n) is 6.76. The van der Waals surface area contributed by atoms with E-state index >= 15 is 0 Å². The van der Waals surface area contributed by atoms with E-state index in [-0.39, 0.29) is 11.1 Å². The van der Waals surface area contributed by atoms with Crippen molar-refractivity contribution in [2.24, 2.45) is 0 Å². The molecule has 1 nitrogen and oxygen atoms in total. The molecule has 4 heteroatoms. The first kappa shape index (κ1) is 14.4. The predicted molar refractivity (Wildman–Crippen MR) is 90.0 cm³/mol. The van der Waals surface area contributed by atoms with Gasteiger partial charge in [-0.25, -0.2) is 4.39 Å². The average Bonchev–Trinajstić information content (AvgIpc) is 2.81. The number of thiophene rings is 1. The Hall–Kier alpha value is -1.58. The van der Waals surface area contributed by atoms with Crippen molar-refractivity contribution in [3.05, 3.63) is 63.7 Å². The molecule has 0 radical (unpaired) electrons. The average molecular weight is 320 g/mol. The predicted octanol–water partition coefficient (Wildman–Crippen LogP) is 6.18. The molecule has 108 valence electrons. The van der Waals surface area contributed by atoms with Gasteiger partial charge < -0.3 is 5.32 Å². The van der Waals surface area contributed by atoms with E-state index in [1.807, 2.05) is 0 Å². The zero-order valence-corrected chi connectivity index (χ0v) is 13.4. The maximum atomic E-state index is 13.5. The number of nitrogens with one attached hydrogen (secondary N) is 1. The summed E-state index contributed by atoms with van der Waals surface area (Å²) in [6.45, 7) is 4.22. The van der Waals surface area contributed by atoms with Gasteiger partial charge in [-0.05, 0) is 49.1 Å². The SMILES string of the molecule is Cc1c(C(C)Nc2ccc(Cl)c(F)c2)sc2ccccc12. The number of aryl methyl sites for hydroxylation is 1. The topological polar surface area (TPSA) is 12.0 Å². The van der Waals surface area contributed by atoms with Gasteiger partial charge in [0, 0.05) is 15.3 Å². The lowest BCUT2D eigenvalue weighted by Crippen LogP contribution is -2.06. The highest BCUT2D eigenvalue weighted by atomic mass is 35.5. The molecule has 0 saturated carbocycles. The van der Waals surface area contributed by atoms with Crippen molar-refractivity contribution in [2.75, 3.05) is 5.32 Å². The minimum atomic E-state index is -0.401. The molecule has 0 amide bonds. The van der Waals surface area contributed by atoms with Crippen molar-refractivity contribution >= 4 is 38.7 Å². The Kier molecular flexibility index (Phi) is 3.87. The van der Waals surface area contributed by atoms with Gasteiger partial charge in [0.15, 0.2) is 0 Å². The summed E-state index contributed by atoms with van der Waals surface area (Å²) in [6, 6.07) is 13.3. The van der Waals surface area contributed by atoms with Gasteiger partial charge >= 0.3 is 0 Å². The van der Waals surface area contributed by atoms with E-state index in [1.165, 1.54) is 26.6 Å². The summed E-state index contributed by atoms with van der Waals surface area (Å²) in [5.41, 5.74) is 2.02. The lowest BCUT2D eigenvalue weighted by atomic mass is 10.1. The third-order valence-corrected chi connectivity index (χ3v) is 5.34. The van der Waals surface area contributed by atoms with Crippen LogP contribution in [0.15, 0.2) is 42.5 Å². The summed E-state index contributed by atoms with van der Waals surface area (Å²) in [4.78, 5) is 1.27. The third-order valence-electron chi connectivity index (χ3n) is 3.58. The molecule has 0 saturated heterocycles. The smallest absolute Gasteiger partial charge is 0.143 e. The number of hydrogen-bond donors (Lipinski definition) is 1. The van der Waals surface area contributed by atoms with Crippen molar-refractivity contribution in [1.29, 1.82) is 0 Å². The maximum Gasteiger partial charge on any atom is 0.143 e. The van der Waals surface area contributed by atoms with Crippen LogP contribution in [0, 0.1) is 12.7 Å². The van der Waals surface area contributed by atoms with Crippen molar-refractivity contribution in [3.63, 3.8) is 0 Å². The minimum absolute atomic E-state index is 0.114. The van der Waals surface area contributed by atoms with Gasteiger partial charge in [-0.2, -0.15) is 0 Å². The van der Waals surface area contributed by atoms with Crippen LogP contribution in [0.4, 0.5) is 10.1 Å². The Morgan fingerprint density at radius 3 is 2.67 bits per heavy atom. The lowest BCUT2D eigenvalue weighted by molar-refractivity contribution is 0.628. The fraction of sp³-hybridized carbons (Fsp3) is 0.176. The molecule has 1 heterocycles. The normalized spacial score (nSPS) is 12.6. The fourth-order valence-corrected chi connectivity index (χ4v) is 3.84. The fourth-order valence-electron chi connectivity index (χ4n) is 2.51. The number of rotatable bonds is 3. The van der Waals surface area contributed by atoms with E-state index in [1.54, 1.807) is 23.5 Å². The van der Waals surface area contributed by atoms with Crippen LogP contribution in [0.3, 0.4) is 0 Å². The van der Waals surface area contributed by atoms with Crippen LogP contribution in [0.25, 0.3) is 10.1 Å². The first-order valence-corrected chi connectivity index (χ1v) is 7.95. The van der Waals surface area contributed by atoms with E-state index in [4.69, 9.17) is 11.6 Å². The number of halogens is 2. The van der Waals surface area contributed by atoms with E-state index < -0.39 is 5.82 Å². The molecule has 1 aromatic heterocycles. The molecule has 0 bridgehead atoms. The third kappa shape index (κ3) is 2.76. The van der Waals surface area contributed by atoms with Crippen LogP contribution in [-0.4, -0.2) is 0 Å². The summed E-state index contributed by atoms with van der Waals surface area (Å²) < 4.78 is 14.8. The molecule has 3 rings (SSSR count). The summed E-state index contributed by atoms with van der Waals surface area (Å²) >= 11 is 7.49. The molecule has 1 unspecified atom stereocenters. The molecular formula is C17H15ClFNS. The summed E-state index contributed by atoms with van der Waals surface area (Å²) in [6.07, 6.45) is 0. The largest absolute Gasteiger partial charge is 0.378 e. The van der Waals surface area contributed by atoms with Gasteiger partial charge in [-0.3, -0.25) is 0 Å². The molecule has 0 aliphatic rings. The quantitative estimate of drug-likeness (QED) is 0.608. The van der Waals surface area contributed by atoms with Crippen molar-refractivity contribution in [2.45, 2.75) is 19.9 Å². The van der Waals surface area contributed by atoms with Crippen LogP contribution in [0.2, 0.25) is 5.02 Å². The van der Waals surface area contributed by atoms with Crippen LogP contribution in [-0.2, 0) is 0 Å². The van der Waals surface area contributed by atoms with E-state index in [9.17, 15) is 4.39 Å². The second kappa shape index (κ2) is 5.66. The molecule has 0 spiro atoms. The second-order valence-electron chi connectivity index (χ2n) is 5.08. The number of anilines is 1. The molecule has 21 heavy (non-hydrogen) atoms. The molecular weight excluding hydrogens is 305 g/mol. The van der Waals surface area contributed by atoms with Crippen LogP contribution in [0.1, 0.15) is 23.4 Å². The minimum Gasteiger partial charge on any atom is -0.378 e. The Morgan fingerprint density at radius 2 is 1.95 bits per heavy atom. The molecule has 0 fully saturated rings. The van der Waals surface area contributed by atoms with E-state index in [0.717, 1.165) is 5.69 Å². The van der Waals surface area contributed by atoms with Gasteiger partial charge in [0.25, 0.3) is 0 Å². The molecule has 0 aliphatic carbocycles. The van der Waals surface area contributed by atoms with Gasteiger partial charge in [0.1, 0.15) is 5.82 Å². The molecule has 3 aromatic rings. The highest BCUT2D eigenvalue weighted by Gasteiger charge is 2.14. The monoisotopic (exact) mass is 319 g/mol. The zero-order chi connectivity index (χ0) is 15.0. The number of benzene rings is 2. The Balaban J connectivity index is 1.91. The Bertz CT molecular complexity index is 797. The summed E-state index contributed by atoms with van der Waals surface area (Å²) in [7, 11) is 0. The van der Waals surface area contributed by atoms with Crippen molar-refractivity contribution in [3.8, 4) is 0 Å². The number of fused-ring (bicyclic) bond motifs is 1. The molecule has 2 aromatic carbocycles. The number of hydrogen-bond acceptors (Lipinski definition) is 2. The molecule has 0 aliphatic heterocycles. The summed E-state index contributed by atoms with van der Waals surface area (Å²) in [5, 5.41) is 4.77. The summed E-state index contributed by atoms with van der Waals surface area (Å²) in [5.74, 6) is -0.401. The highest BCUT2D eigenvalue weighted by Crippen LogP contribution is 2.36. The van der Waals surface area contributed by atoms with Crippen molar-refractivity contribution < 1.29 is 4.39 Å². The standard InChI is InChI=1S/C17H15ClFNS/c1-10-13-5-3-4-6-16(13)21-17(10)11(2)20-12-7-8-14(18)15(19)9-12/h3-9,11,20H,1-2H3. The Morgan fingerprint density at radius 1 is 1.19 bits per heavy atom. The molecule has 1 atom stereocenters. The van der Waals surface area contributed by atoms with E-state index in [2.05, 4.69) is 43.4 Å². The molecule has 1 N–H and O–H groups in total. The van der Waals surface area contributed by atoms with Gasteiger partial charge in [0.05, 0.1) is 11.1 Å². The van der Waals surface area contributed by atoms with Gasteiger partial charge in [0.2, 0.25) is 0 Å². The van der Waals surface area contributed by atoms with Crippen LogP contribution >= 0.6 is 22.9 Å². The highest BCUT2D eigenvalue weighted by molar-refractivity contribution is 7.19. The van der Waals surface area contributed by atoms with Gasteiger partial charge in [-0.15, -0.1) is 11.3 Å². The van der Waals surface area contributed by atoms with E-state index in [0.29, 0.717) is 0 Å².